The highest BCUT2D eigenvalue weighted by molar-refractivity contribution is 8.00. The summed E-state index contributed by atoms with van der Waals surface area (Å²) in [6, 6.07) is 5.48. The monoisotopic (exact) mass is 824 g/mol. The quantitative estimate of drug-likeness (QED) is 0.0381. The van der Waals surface area contributed by atoms with E-state index in [1.165, 1.54) is 48.4 Å². The van der Waals surface area contributed by atoms with Crippen LogP contribution in [0.1, 0.15) is 111 Å². The third-order valence-corrected chi connectivity index (χ3v) is 11.9. The van der Waals surface area contributed by atoms with Gasteiger partial charge >= 0.3 is 23.6 Å². The Morgan fingerprint density at radius 2 is 1.72 bits per heavy atom. The van der Waals surface area contributed by atoms with Gasteiger partial charge in [0, 0.05) is 50.6 Å². The standard InChI is InChI=1S/C40H52N6O11S/c1-4-5-6-7-8-9-10-11-12-13-35(47)55-29(22-44-26(2)41-21-34(44)46(52)53)24-54-25-33-32(56-40(51)57-33)23-42-16-18-43(19-17-42)28-14-15-30-31(20-28)45-27(3)58-38(45)36(37(30)48)39(49)50/h14-15,20-21,27,29H,4-13,16-19,22-25H2,1-3H3,(H,49,50). The Kier molecular flexibility index (Phi) is 14.5. The summed E-state index contributed by atoms with van der Waals surface area (Å²) in [7, 11) is 0. The molecule has 1 aromatic carbocycles. The first-order valence-electron chi connectivity index (χ1n) is 20.1. The fourth-order valence-electron chi connectivity index (χ4n) is 7.60. The van der Waals surface area contributed by atoms with Crippen LogP contribution in [-0.4, -0.2) is 79.9 Å². The zero-order valence-corrected chi connectivity index (χ0v) is 34.1. The number of rotatable bonds is 22. The van der Waals surface area contributed by atoms with Gasteiger partial charge in [-0.15, -0.1) is 0 Å². The van der Waals surface area contributed by atoms with Gasteiger partial charge in [-0.05, 0) is 36.5 Å². The van der Waals surface area contributed by atoms with Gasteiger partial charge in [0.25, 0.3) is 0 Å². The zero-order chi connectivity index (χ0) is 41.3. The molecule has 1 saturated heterocycles. The Morgan fingerprint density at radius 1 is 1.03 bits per heavy atom. The van der Waals surface area contributed by atoms with Gasteiger partial charge < -0.3 is 43.0 Å². The van der Waals surface area contributed by atoms with E-state index >= 15 is 0 Å². The van der Waals surface area contributed by atoms with Crippen LogP contribution in [-0.2, 0) is 34.0 Å². The lowest BCUT2D eigenvalue weighted by molar-refractivity contribution is -0.392. The minimum absolute atomic E-state index is 0.00341. The molecule has 58 heavy (non-hydrogen) atoms. The minimum Gasteiger partial charge on any atom is -0.477 e. The number of pyridine rings is 1. The molecule has 2 unspecified atom stereocenters. The Balaban J connectivity index is 1.03. The van der Waals surface area contributed by atoms with E-state index in [0.29, 0.717) is 60.1 Å². The number of nitrogens with zero attached hydrogens (tertiary/aromatic N) is 6. The van der Waals surface area contributed by atoms with Crippen molar-refractivity contribution in [3.8, 4) is 0 Å². The fourth-order valence-corrected chi connectivity index (χ4v) is 8.75. The second-order valence-corrected chi connectivity index (χ2v) is 16.2. The van der Waals surface area contributed by atoms with Crippen LogP contribution in [0.2, 0.25) is 0 Å². The summed E-state index contributed by atoms with van der Waals surface area (Å²) in [6.07, 6.45) is 10.5. The number of hydrogen-bond donors (Lipinski definition) is 1. The number of carbonyl (C=O) groups excluding carboxylic acids is 1. The van der Waals surface area contributed by atoms with Crippen LogP contribution in [0.25, 0.3) is 10.9 Å². The molecule has 4 aromatic rings. The largest absolute Gasteiger partial charge is 0.519 e. The SMILES string of the molecule is CCCCCCCCCCCC(=O)OC(COCc1oc(=O)oc1CN1CCN(c2ccc3c(=O)c(C(=O)O)c4n(c3c2)C(C)S4)CC1)Cn1c([N+](=O)[O-])cnc1C. The summed E-state index contributed by atoms with van der Waals surface area (Å²) >= 11 is 1.37. The molecule has 17 nitrogen and oxygen atoms in total. The smallest absolute Gasteiger partial charge is 0.477 e. The number of nitro groups is 1. The number of hydrogen-bond acceptors (Lipinski definition) is 14. The summed E-state index contributed by atoms with van der Waals surface area (Å²) < 4.78 is 25.7. The molecular weight excluding hydrogens is 773 g/mol. The lowest BCUT2D eigenvalue weighted by atomic mass is 10.1. The van der Waals surface area contributed by atoms with Gasteiger partial charge in [-0.25, -0.2) is 19.1 Å². The molecule has 0 saturated carbocycles. The van der Waals surface area contributed by atoms with Gasteiger partial charge in [0.2, 0.25) is 5.43 Å². The molecule has 5 heterocycles. The van der Waals surface area contributed by atoms with Gasteiger partial charge in [-0.1, -0.05) is 70.1 Å². The molecule has 2 atom stereocenters. The molecule has 18 heteroatoms. The molecule has 0 radical (unpaired) electrons. The summed E-state index contributed by atoms with van der Waals surface area (Å²) in [4.78, 5) is 69.6. The summed E-state index contributed by atoms with van der Waals surface area (Å²) in [6.45, 7) is 8.27. The highest BCUT2D eigenvalue weighted by atomic mass is 32.2. The van der Waals surface area contributed by atoms with Crippen LogP contribution in [0.5, 0.6) is 0 Å². The normalized spacial score (nSPS) is 16.0. The van der Waals surface area contributed by atoms with Crippen molar-refractivity contribution in [1.29, 1.82) is 0 Å². The van der Waals surface area contributed by atoms with Crippen molar-refractivity contribution in [2.24, 2.45) is 0 Å². The molecule has 2 aliphatic heterocycles. The Bertz CT molecular complexity index is 2200. The molecule has 2 aliphatic rings. The van der Waals surface area contributed by atoms with E-state index in [-0.39, 0.29) is 55.2 Å². The maximum Gasteiger partial charge on any atom is 0.519 e. The van der Waals surface area contributed by atoms with Crippen LogP contribution in [0.3, 0.4) is 0 Å². The molecule has 1 fully saturated rings. The number of imidazole rings is 1. The molecule has 6 rings (SSSR count). The van der Waals surface area contributed by atoms with E-state index in [9.17, 15) is 34.4 Å². The van der Waals surface area contributed by atoms with Crippen molar-refractivity contribution in [3.05, 3.63) is 78.3 Å². The Labute approximate surface area is 339 Å². The molecule has 0 aliphatic carbocycles. The first-order chi connectivity index (χ1) is 27.9. The van der Waals surface area contributed by atoms with Crippen molar-refractivity contribution >= 4 is 46.1 Å². The molecule has 314 valence electrons. The molecule has 0 spiro atoms. The van der Waals surface area contributed by atoms with E-state index < -0.39 is 34.2 Å². The highest BCUT2D eigenvalue weighted by Crippen LogP contribution is 2.46. The first kappa shape index (κ1) is 42.7. The summed E-state index contributed by atoms with van der Waals surface area (Å²) in [5.74, 6) is -1.85. The van der Waals surface area contributed by atoms with Crippen molar-refractivity contribution in [3.63, 3.8) is 0 Å². The van der Waals surface area contributed by atoms with Crippen LogP contribution in [0, 0.1) is 17.0 Å². The van der Waals surface area contributed by atoms with Crippen LogP contribution in [0.15, 0.2) is 47.8 Å². The molecule has 1 N–H and O–H groups in total. The number of piperazine rings is 1. The van der Waals surface area contributed by atoms with Crippen LogP contribution < -0.4 is 16.2 Å². The predicted molar refractivity (Wildman–Crippen MR) is 215 cm³/mol. The number of carboxylic acid groups (broad SMARTS) is 1. The van der Waals surface area contributed by atoms with Crippen LogP contribution in [0.4, 0.5) is 11.5 Å². The topological polar surface area (TPSA) is 206 Å². The number of anilines is 1. The van der Waals surface area contributed by atoms with E-state index in [1.54, 1.807) is 13.0 Å². The number of carboxylic acids is 1. The average molecular weight is 825 g/mol. The van der Waals surface area contributed by atoms with E-state index in [4.69, 9.17) is 18.3 Å². The highest BCUT2D eigenvalue weighted by Gasteiger charge is 2.33. The summed E-state index contributed by atoms with van der Waals surface area (Å²) in [5, 5.41) is 22.2. The second-order valence-electron chi connectivity index (χ2n) is 14.9. The van der Waals surface area contributed by atoms with Crippen molar-refractivity contribution in [2.45, 2.75) is 121 Å². The number of aromatic carboxylic acids is 1. The Hall–Kier alpha value is -4.94. The van der Waals surface area contributed by atoms with Crippen LogP contribution >= 0.6 is 11.8 Å². The molecule has 0 amide bonds. The van der Waals surface area contributed by atoms with Crippen molar-refractivity contribution in [2.75, 3.05) is 37.7 Å². The number of carbonyl (C=O) groups is 2. The van der Waals surface area contributed by atoms with E-state index in [1.807, 2.05) is 23.6 Å². The molecular formula is C40H52N6O11S. The molecule has 3 aromatic heterocycles. The van der Waals surface area contributed by atoms with Gasteiger partial charge in [0.1, 0.15) is 24.9 Å². The van der Waals surface area contributed by atoms with Crippen molar-refractivity contribution in [1.82, 2.24) is 19.0 Å². The number of ether oxygens (including phenoxy) is 2. The lowest BCUT2D eigenvalue weighted by Crippen LogP contribution is -2.46. The maximum atomic E-state index is 13.0. The van der Waals surface area contributed by atoms with E-state index in [0.717, 1.165) is 31.1 Å². The van der Waals surface area contributed by atoms with Gasteiger partial charge in [-0.3, -0.25) is 14.5 Å². The van der Waals surface area contributed by atoms with Gasteiger partial charge in [-0.2, -0.15) is 0 Å². The third kappa shape index (κ3) is 10.2. The van der Waals surface area contributed by atoms with Crippen molar-refractivity contribution < 1.29 is 37.9 Å². The van der Waals surface area contributed by atoms with E-state index in [2.05, 4.69) is 21.7 Å². The first-order valence-corrected chi connectivity index (χ1v) is 21.0. The molecule has 0 bridgehead atoms. The lowest BCUT2D eigenvalue weighted by Gasteiger charge is -2.36. The fraction of sp³-hybridized carbons (Fsp3) is 0.575. The number of benzene rings is 1. The number of aromatic nitrogens is 3. The zero-order valence-electron chi connectivity index (χ0n) is 33.3. The predicted octanol–water partition coefficient (Wildman–Crippen LogP) is 6.65. The Morgan fingerprint density at radius 3 is 2.40 bits per heavy atom. The third-order valence-electron chi connectivity index (χ3n) is 10.8. The summed E-state index contributed by atoms with van der Waals surface area (Å²) in [5.41, 5.74) is 0.947. The van der Waals surface area contributed by atoms with Gasteiger partial charge in [0.05, 0.1) is 29.1 Å². The maximum absolute atomic E-state index is 13.0. The number of fused-ring (bicyclic) bond motifs is 3. The number of esters is 1. The number of thioether (sulfide) groups is 1. The second kappa shape index (κ2) is 19.7. The average Bonchev–Trinajstić information content (AvgIpc) is 3.73. The number of unbranched alkanes of at least 4 members (excludes halogenated alkanes) is 8. The minimum atomic E-state index is -1.23. The van der Waals surface area contributed by atoms with Gasteiger partial charge in [0.15, 0.2) is 23.4 Å². The number of aryl methyl sites for hydroxylation is 1.